The van der Waals surface area contributed by atoms with Crippen LogP contribution in [0.1, 0.15) is 118 Å². The summed E-state index contributed by atoms with van der Waals surface area (Å²) in [6.07, 6.45) is 17.6. The lowest BCUT2D eigenvalue weighted by Gasteiger charge is -2.17. The first-order valence-corrected chi connectivity index (χ1v) is 10.9. The van der Waals surface area contributed by atoms with Gasteiger partial charge in [-0.3, -0.25) is 4.79 Å². The highest BCUT2D eigenvalue weighted by Gasteiger charge is 2.18. The van der Waals surface area contributed by atoms with Crippen LogP contribution in [0.3, 0.4) is 0 Å². The van der Waals surface area contributed by atoms with Crippen LogP contribution in [-0.4, -0.2) is 12.6 Å². The summed E-state index contributed by atoms with van der Waals surface area (Å²) in [6, 6.07) is 0. The standard InChI is InChI=1S/C22H44O2/c1-5-9-10-11-12-13-14-15-16-17-18-21(8-4)22(23)24-19-20(6-2)7-3/h20-21H,5-19H2,1-4H3. The molecule has 0 aromatic heterocycles. The lowest BCUT2D eigenvalue weighted by molar-refractivity contribution is -0.150. The highest BCUT2D eigenvalue weighted by Crippen LogP contribution is 2.18. The quantitative estimate of drug-likeness (QED) is 0.205. The third kappa shape index (κ3) is 12.8. The minimum atomic E-state index is 0.0420. The zero-order valence-corrected chi connectivity index (χ0v) is 17.1. The van der Waals surface area contributed by atoms with Crippen molar-refractivity contribution >= 4 is 5.97 Å². The summed E-state index contributed by atoms with van der Waals surface area (Å²) in [4.78, 5) is 12.2. The molecular formula is C22H44O2. The first-order chi connectivity index (χ1) is 11.7. The summed E-state index contributed by atoms with van der Waals surface area (Å²) in [7, 11) is 0. The van der Waals surface area contributed by atoms with Crippen LogP contribution in [0.15, 0.2) is 0 Å². The summed E-state index contributed by atoms with van der Waals surface area (Å²) < 4.78 is 5.54. The number of ether oxygens (including phenoxy) is 1. The zero-order chi connectivity index (χ0) is 18.0. The van der Waals surface area contributed by atoms with Gasteiger partial charge in [-0.2, -0.15) is 0 Å². The first kappa shape index (κ1) is 23.5. The first-order valence-electron chi connectivity index (χ1n) is 10.9. The normalized spacial score (nSPS) is 12.5. The van der Waals surface area contributed by atoms with Crippen molar-refractivity contribution in [2.75, 3.05) is 6.61 Å². The fraction of sp³-hybridized carbons (Fsp3) is 0.955. The zero-order valence-electron chi connectivity index (χ0n) is 17.1. The maximum absolute atomic E-state index is 12.2. The average molecular weight is 341 g/mol. The van der Waals surface area contributed by atoms with E-state index < -0.39 is 0 Å². The van der Waals surface area contributed by atoms with E-state index in [4.69, 9.17) is 4.74 Å². The summed E-state index contributed by atoms with van der Waals surface area (Å²) in [5.74, 6) is 0.692. The molecule has 0 rings (SSSR count). The minimum absolute atomic E-state index is 0.0420. The van der Waals surface area contributed by atoms with E-state index in [1.165, 1.54) is 64.2 Å². The summed E-state index contributed by atoms with van der Waals surface area (Å²) in [5.41, 5.74) is 0. The Kier molecular flexibility index (Phi) is 16.9. The third-order valence-electron chi connectivity index (χ3n) is 5.35. The van der Waals surface area contributed by atoms with E-state index in [1.807, 2.05) is 0 Å². The second-order valence-electron chi connectivity index (χ2n) is 7.39. The van der Waals surface area contributed by atoms with Gasteiger partial charge in [0.1, 0.15) is 0 Å². The Morgan fingerprint density at radius 2 is 1.21 bits per heavy atom. The van der Waals surface area contributed by atoms with Crippen LogP contribution in [0.4, 0.5) is 0 Å². The SMILES string of the molecule is CCCCCCCCCCCCC(CC)C(=O)OCC(CC)CC. The molecule has 0 N–H and O–H groups in total. The molecule has 24 heavy (non-hydrogen) atoms. The molecule has 1 unspecified atom stereocenters. The van der Waals surface area contributed by atoms with Gasteiger partial charge in [0.05, 0.1) is 12.5 Å². The van der Waals surface area contributed by atoms with E-state index in [0.29, 0.717) is 12.5 Å². The van der Waals surface area contributed by atoms with Crippen LogP contribution in [0.5, 0.6) is 0 Å². The molecule has 0 saturated heterocycles. The molecule has 0 amide bonds. The number of rotatable bonds is 17. The fourth-order valence-electron chi connectivity index (χ4n) is 3.21. The van der Waals surface area contributed by atoms with Gasteiger partial charge in [0.25, 0.3) is 0 Å². The van der Waals surface area contributed by atoms with Crippen molar-refractivity contribution in [3.63, 3.8) is 0 Å². The summed E-state index contributed by atoms with van der Waals surface area (Å²) >= 11 is 0. The van der Waals surface area contributed by atoms with Crippen LogP contribution in [0.25, 0.3) is 0 Å². The highest BCUT2D eigenvalue weighted by atomic mass is 16.5. The Labute approximate surface area is 152 Å². The van der Waals surface area contributed by atoms with E-state index in [-0.39, 0.29) is 11.9 Å². The summed E-state index contributed by atoms with van der Waals surface area (Å²) in [6.45, 7) is 9.33. The molecule has 0 radical (unpaired) electrons. The van der Waals surface area contributed by atoms with E-state index in [9.17, 15) is 4.79 Å². The van der Waals surface area contributed by atoms with Gasteiger partial charge >= 0.3 is 5.97 Å². The van der Waals surface area contributed by atoms with Crippen LogP contribution < -0.4 is 0 Å². The van der Waals surface area contributed by atoms with Gasteiger partial charge in [0.15, 0.2) is 0 Å². The second kappa shape index (κ2) is 17.3. The van der Waals surface area contributed by atoms with Crippen LogP contribution in [0, 0.1) is 11.8 Å². The van der Waals surface area contributed by atoms with Crippen molar-refractivity contribution in [3.8, 4) is 0 Å². The molecule has 0 bridgehead atoms. The minimum Gasteiger partial charge on any atom is -0.465 e. The predicted octanol–water partition coefficient (Wildman–Crippen LogP) is 7.30. The Morgan fingerprint density at radius 3 is 1.67 bits per heavy atom. The lowest BCUT2D eigenvalue weighted by Crippen LogP contribution is -2.20. The Bertz CT molecular complexity index is 271. The largest absolute Gasteiger partial charge is 0.465 e. The van der Waals surface area contributed by atoms with Gasteiger partial charge in [-0.25, -0.2) is 0 Å². The number of unbranched alkanes of at least 4 members (excludes halogenated alkanes) is 9. The van der Waals surface area contributed by atoms with Crippen LogP contribution in [-0.2, 0) is 9.53 Å². The van der Waals surface area contributed by atoms with Crippen molar-refractivity contribution in [1.29, 1.82) is 0 Å². The van der Waals surface area contributed by atoms with Gasteiger partial charge in [0, 0.05) is 0 Å². The molecule has 0 aliphatic heterocycles. The Balaban J connectivity index is 3.62. The molecule has 0 fully saturated rings. The molecule has 0 saturated carbocycles. The average Bonchev–Trinajstić information content (AvgIpc) is 2.60. The highest BCUT2D eigenvalue weighted by molar-refractivity contribution is 5.72. The van der Waals surface area contributed by atoms with Gasteiger partial charge in [-0.15, -0.1) is 0 Å². The van der Waals surface area contributed by atoms with Crippen LogP contribution in [0.2, 0.25) is 0 Å². The van der Waals surface area contributed by atoms with E-state index in [1.54, 1.807) is 0 Å². The topological polar surface area (TPSA) is 26.3 Å². The molecule has 0 aliphatic carbocycles. The molecule has 2 heteroatoms. The van der Waals surface area contributed by atoms with E-state index in [2.05, 4.69) is 27.7 Å². The van der Waals surface area contributed by atoms with Crippen molar-refractivity contribution in [2.45, 2.75) is 118 Å². The second-order valence-corrected chi connectivity index (χ2v) is 7.39. The van der Waals surface area contributed by atoms with E-state index >= 15 is 0 Å². The molecule has 144 valence electrons. The molecular weight excluding hydrogens is 296 g/mol. The monoisotopic (exact) mass is 340 g/mol. The number of carbonyl (C=O) groups excluding carboxylic acids is 1. The maximum Gasteiger partial charge on any atom is 0.308 e. The fourth-order valence-corrected chi connectivity index (χ4v) is 3.21. The summed E-state index contributed by atoms with van der Waals surface area (Å²) in [5, 5.41) is 0. The molecule has 0 aromatic rings. The predicted molar refractivity (Wildman–Crippen MR) is 105 cm³/mol. The van der Waals surface area contributed by atoms with Gasteiger partial charge in [-0.1, -0.05) is 105 Å². The molecule has 0 spiro atoms. The smallest absolute Gasteiger partial charge is 0.308 e. The van der Waals surface area contributed by atoms with Crippen molar-refractivity contribution in [3.05, 3.63) is 0 Å². The Hall–Kier alpha value is -0.530. The molecule has 0 aliphatic rings. The van der Waals surface area contributed by atoms with Crippen molar-refractivity contribution in [1.82, 2.24) is 0 Å². The van der Waals surface area contributed by atoms with Crippen LogP contribution >= 0.6 is 0 Å². The third-order valence-corrected chi connectivity index (χ3v) is 5.35. The Morgan fingerprint density at radius 1 is 0.708 bits per heavy atom. The number of carbonyl (C=O) groups is 1. The van der Waals surface area contributed by atoms with Gasteiger partial charge in [0.2, 0.25) is 0 Å². The van der Waals surface area contributed by atoms with E-state index in [0.717, 1.165) is 25.7 Å². The molecule has 1 atom stereocenters. The number of hydrogen-bond acceptors (Lipinski definition) is 2. The maximum atomic E-state index is 12.2. The number of esters is 1. The number of hydrogen-bond donors (Lipinski definition) is 0. The van der Waals surface area contributed by atoms with Crippen molar-refractivity contribution in [2.24, 2.45) is 11.8 Å². The van der Waals surface area contributed by atoms with Gasteiger partial charge < -0.3 is 4.74 Å². The molecule has 0 heterocycles. The molecule has 2 nitrogen and oxygen atoms in total. The van der Waals surface area contributed by atoms with Gasteiger partial charge in [-0.05, 0) is 18.8 Å². The lowest BCUT2D eigenvalue weighted by atomic mass is 9.97. The molecule has 0 aromatic carbocycles. The van der Waals surface area contributed by atoms with Crippen molar-refractivity contribution < 1.29 is 9.53 Å².